The Bertz CT molecular complexity index is 406. The minimum Gasteiger partial charge on any atom is -0.480 e. The first-order valence-electron chi connectivity index (χ1n) is 5.50. The number of carboxylic acid groups (broad SMARTS) is 1. The molecular formula is C11H15N3O2. The van der Waals surface area contributed by atoms with Crippen molar-refractivity contribution in [3.05, 3.63) is 17.6 Å². The molecule has 0 amide bonds. The average molecular weight is 221 g/mol. The second-order valence-corrected chi connectivity index (χ2v) is 4.06. The summed E-state index contributed by atoms with van der Waals surface area (Å²) < 4.78 is 0. The largest absolute Gasteiger partial charge is 0.480 e. The molecule has 5 heteroatoms. The van der Waals surface area contributed by atoms with Crippen molar-refractivity contribution in [2.45, 2.75) is 38.6 Å². The Kier molecular flexibility index (Phi) is 3.03. The van der Waals surface area contributed by atoms with E-state index in [1.165, 1.54) is 6.33 Å². The summed E-state index contributed by atoms with van der Waals surface area (Å²) in [4.78, 5) is 19.1. The number of anilines is 1. The lowest BCUT2D eigenvalue weighted by molar-refractivity contribution is -0.137. The van der Waals surface area contributed by atoms with Gasteiger partial charge in [0.1, 0.15) is 18.2 Å². The van der Waals surface area contributed by atoms with Crippen molar-refractivity contribution < 1.29 is 9.90 Å². The predicted molar refractivity (Wildman–Crippen MR) is 59.4 cm³/mol. The fraction of sp³-hybridized carbons (Fsp3) is 0.545. The zero-order valence-corrected chi connectivity index (χ0v) is 9.23. The van der Waals surface area contributed by atoms with E-state index in [9.17, 15) is 4.79 Å². The third kappa shape index (κ3) is 2.13. The minimum absolute atomic E-state index is 0.624. The molecular weight excluding hydrogens is 206 g/mol. The highest BCUT2D eigenvalue weighted by Gasteiger charge is 2.18. The number of rotatable bonds is 3. The van der Waals surface area contributed by atoms with E-state index in [0.29, 0.717) is 5.82 Å². The number of carboxylic acids is 1. The number of aromatic nitrogens is 2. The van der Waals surface area contributed by atoms with Gasteiger partial charge in [0.05, 0.1) is 0 Å². The molecule has 86 valence electrons. The molecule has 2 N–H and O–H groups in total. The summed E-state index contributed by atoms with van der Waals surface area (Å²) in [7, 11) is 0. The summed E-state index contributed by atoms with van der Waals surface area (Å²) >= 11 is 0. The topological polar surface area (TPSA) is 75.1 Å². The monoisotopic (exact) mass is 221 g/mol. The van der Waals surface area contributed by atoms with Crippen LogP contribution in [0, 0.1) is 0 Å². The number of nitrogens with zero attached hydrogens (tertiary/aromatic N) is 2. The van der Waals surface area contributed by atoms with Gasteiger partial charge in [-0.1, -0.05) is 0 Å². The smallest absolute Gasteiger partial charge is 0.325 e. The van der Waals surface area contributed by atoms with Crippen LogP contribution < -0.4 is 5.32 Å². The Balaban J connectivity index is 2.24. The number of hydrogen-bond donors (Lipinski definition) is 2. The number of fused-ring (bicyclic) bond motifs is 1. The molecule has 1 heterocycles. The van der Waals surface area contributed by atoms with Crippen molar-refractivity contribution in [1.82, 2.24) is 9.97 Å². The van der Waals surface area contributed by atoms with Crippen LogP contribution in [0.3, 0.4) is 0 Å². The number of hydrogen-bond acceptors (Lipinski definition) is 4. The van der Waals surface area contributed by atoms with E-state index >= 15 is 0 Å². The van der Waals surface area contributed by atoms with Crippen LogP contribution in [0.5, 0.6) is 0 Å². The second-order valence-electron chi connectivity index (χ2n) is 4.06. The predicted octanol–water partition coefficient (Wildman–Crippen LogP) is 1.24. The van der Waals surface area contributed by atoms with E-state index in [0.717, 1.165) is 36.9 Å². The molecule has 1 aliphatic rings. The first-order chi connectivity index (χ1) is 7.68. The maximum atomic E-state index is 10.8. The molecule has 0 saturated carbocycles. The van der Waals surface area contributed by atoms with Gasteiger partial charge in [0, 0.05) is 11.3 Å². The standard InChI is InChI=1S/C11H15N3O2/c1-7(11(15)16)14-10-8-4-2-3-5-9(8)12-6-13-10/h6-7H,2-5H2,1H3,(H,15,16)(H,12,13,14). The van der Waals surface area contributed by atoms with E-state index < -0.39 is 12.0 Å². The van der Waals surface area contributed by atoms with Gasteiger partial charge in [-0.05, 0) is 32.6 Å². The maximum absolute atomic E-state index is 10.8. The van der Waals surface area contributed by atoms with Gasteiger partial charge >= 0.3 is 5.97 Å². The Morgan fingerprint density at radius 2 is 2.19 bits per heavy atom. The molecule has 5 nitrogen and oxygen atoms in total. The van der Waals surface area contributed by atoms with Crippen LogP contribution in [0.4, 0.5) is 5.82 Å². The van der Waals surface area contributed by atoms with Crippen molar-refractivity contribution in [1.29, 1.82) is 0 Å². The van der Waals surface area contributed by atoms with Crippen LogP contribution in [-0.2, 0) is 17.6 Å². The van der Waals surface area contributed by atoms with E-state index in [2.05, 4.69) is 15.3 Å². The van der Waals surface area contributed by atoms with Gasteiger partial charge in [0.15, 0.2) is 0 Å². The summed E-state index contributed by atoms with van der Waals surface area (Å²) in [5.41, 5.74) is 2.14. The van der Waals surface area contributed by atoms with Gasteiger partial charge in [-0.3, -0.25) is 4.79 Å². The highest BCUT2D eigenvalue weighted by atomic mass is 16.4. The third-order valence-electron chi connectivity index (χ3n) is 2.85. The Morgan fingerprint density at radius 1 is 1.44 bits per heavy atom. The molecule has 1 unspecified atom stereocenters. The van der Waals surface area contributed by atoms with Crippen LogP contribution in [0.15, 0.2) is 6.33 Å². The maximum Gasteiger partial charge on any atom is 0.325 e. The van der Waals surface area contributed by atoms with Gasteiger partial charge in [-0.15, -0.1) is 0 Å². The van der Waals surface area contributed by atoms with Crippen LogP contribution in [0.1, 0.15) is 31.0 Å². The van der Waals surface area contributed by atoms with Crippen molar-refractivity contribution in [3.8, 4) is 0 Å². The van der Waals surface area contributed by atoms with Gasteiger partial charge in [0.2, 0.25) is 0 Å². The lowest BCUT2D eigenvalue weighted by atomic mass is 9.96. The second kappa shape index (κ2) is 4.47. The van der Waals surface area contributed by atoms with Gasteiger partial charge in [0.25, 0.3) is 0 Å². The molecule has 0 spiro atoms. The zero-order chi connectivity index (χ0) is 11.5. The molecule has 1 aliphatic carbocycles. The van der Waals surface area contributed by atoms with E-state index in [4.69, 9.17) is 5.11 Å². The van der Waals surface area contributed by atoms with Crippen molar-refractivity contribution in [2.75, 3.05) is 5.32 Å². The molecule has 1 aromatic rings. The molecule has 2 rings (SSSR count). The minimum atomic E-state index is -0.872. The van der Waals surface area contributed by atoms with Crippen LogP contribution >= 0.6 is 0 Å². The van der Waals surface area contributed by atoms with Gasteiger partial charge in [-0.25, -0.2) is 9.97 Å². The number of nitrogens with one attached hydrogen (secondary N) is 1. The number of aryl methyl sites for hydroxylation is 1. The van der Waals surface area contributed by atoms with Gasteiger partial charge in [-0.2, -0.15) is 0 Å². The Morgan fingerprint density at radius 3 is 2.94 bits per heavy atom. The molecule has 0 aromatic carbocycles. The summed E-state index contributed by atoms with van der Waals surface area (Å²) in [5.74, 6) is -0.192. The number of carbonyl (C=O) groups is 1. The molecule has 0 fully saturated rings. The molecule has 0 aliphatic heterocycles. The van der Waals surface area contributed by atoms with Crippen LogP contribution in [-0.4, -0.2) is 27.1 Å². The quantitative estimate of drug-likeness (QED) is 0.803. The van der Waals surface area contributed by atoms with Gasteiger partial charge < -0.3 is 10.4 Å². The fourth-order valence-corrected chi connectivity index (χ4v) is 1.91. The first-order valence-corrected chi connectivity index (χ1v) is 5.50. The molecule has 0 bridgehead atoms. The van der Waals surface area contributed by atoms with E-state index in [1.54, 1.807) is 6.92 Å². The SMILES string of the molecule is CC(Nc1ncnc2c1CCCC2)C(=O)O. The molecule has 0 radical (unpaired) electrons. The van der Waals surface area contributed by atoms with E-state index in [1.807, 2.05) is 0 Å². The summed E-state index contributed by atoms with van der Waals surface area (Å²) in [6.45, 7) is 1.61. The number of aliphatic carboxylic acids is 1. The lowest BCUT2D eigenvalue weighted by Gasteiger charge is -2.19. The van der Waals surface area contributed by atoms with Crippen molar-refractivity contribution in [2.24, 2.45) is 0 Å². The molecule has 0 saturated heterocycles. The summed E-state index contributed by atoms with van der Waals surface area (Å²) in [5, 5.41) is 11.8. The molecule has 16 heavy (non-hydrogen) atoms. The molecule has 1 atom stereocenters. The first kappa shape index (κ1) is 10.9. The van der Waals surface area contributed by atoms with Crippen molar-refractivity contribution in [3.63, 3.8) is 0 Å². The molecule has 1 aromatic heterocycles. The lowest BCUT2D eigenvalue weighted by Crippen LogP contribution is -2.27. The highest BCUT2D eigenvalue weighted by Crippen LogP contribution is 2.24. The normalized spacial score (nSPS) is 16.3. The third-order valence-corrected chi connectivity index (χ3v) is 2.85. The average Bonchev–Trinajstić information content (AvgIpc) is 2.29. The Hall–Kier alpha value is -1.65. The Labute approximate surface area is 93.9 Å². The van der Waals surface area contributed by atoms with E-state index in [-0.39, 0.29) is 0 Å². The zero-order valence-electron chi connectivity index (χ0n) is 9.23. The van der Waals surface area contributed by atoms with Crippen molar-refractivity contribution >= 4 is 11.8 Å². The summed E-state index contributed by atoms with van der Waals surface area (Å²) in [6.07, 6.45) is 5.67. The van der Waals surface area contributed by atoms with Crippen LogP contribution in [0.2, 0.25) is 0 Å². The fourth-order valence-electron chi connectivity index (χ4n) is 1.91. The van der Waals surface area contributed by atoms with Crippen LogP contribution in [0.25, 0.3) is 0 Å². The summed E-state index contributed by atoms with van der Waals surface area (Å²) in [6, 6.07) is -0.624. The highest BCUT2D eigenvalue weighted by molar-refractivity contribution is 5.76.